The summed E-state index contributed by atoms with van der Waals surface area (Å²) in [4.78, 5) is 2.55. The molecule has 11 nitrogen and oxygen atoms in total. The second kappa shape index (κ2) is 6.87. The van der Waals surface area contributed by atoms with Gasteiger partial charge in [-0.2, -0.15) is 16.8 Å². The van der Waals surface area contributed by atoms with E-state index in [2.05, 4.69) is 10.0 Å². The van der Waals surface area contributed by atoms with E-state index >= 15 is 0 Å². The quantitative estimate of drug-likeness (QED) is 0.266. The molecule has 1 saturated heterocycles. The lowest BCUT2D eigenvalue weighted by molar-refractivity contribution is -0.223. The smallest absolute Gasteiger partial charge is 0.264 e. The van der Waals surface area contributed by atoms with Gasteiger partial charge in [-0.1, -0.05) is 5.11 Å². The van der Waals surface area contributed by atoms with Crippen LogP contribution in [0.1, 0.15) is 0 Å². The highest BCUT2D eigenvalue weighted by atomic mass is 32.2. The van der Waals surface area contributed by atoms with Gasteiger partial charge in [0.1, 0.15) is 6.10 Å². The molecule has 0 unspecified atom stereocenters. The molecule has 1 rings (SSSR count). The summed E-state index contributed by atoms with van der Waals surface area (Å²) in [5.74, 6) is 0. The number of nitrogens with zero attached hydrogens (tertiary/aromatic N) is 3. The zero-order valence-electron chi connectivity index (χ0n) is 11.4. The molecule has 1 heterocycles. The van der Waals surface area contributed by atoms with Gasteiger partial charge in [0.05, 0.1) is 25.2 Å². The Morgan fingerprint density at radius 1 is 1.14 bits per heavy atom. The van der Waals surface area contributed by atoms with Crippen molar-refractivity contribution in [2.45, 2.75) is 24.5 Å². The highest BCUT2D eigenvalue weighted by molar-refractivity contribution is 7.86. The van der Waals surface area contributed by atoms with Crippen LogP contribution in [0.25, 0.3) is 10.4 Å². The summed E-state index contributed by atoms with van der Waals surface area (Å²) in [6.45, 7) is -0.216. The van der Waals surface area contributed by atoms with Crippen molar-refractivity contribution in [3.8, 4) is 0 Å². The summed E-state index contributed by atoms with van der Waals surface area (Å²) < 4.78 is 64.8. The summed E-state index contributed by atoms with van der Waals surface area (Å²) in [7, 11) is -6.71. The molecule has 4 atom stereocenters. The SMILES string of the molecule is CO[C@H]1OC[C@@H](N=[N+]=[N-])[C@@H](OS(C)(=O)=O)[C@@H]1OS(C)(=O)=O. The van der Waals surface area contributed by atoms with Crippen molar-refractivity contribution in [3.63, 3.8) is 0 Å². The molecule has 13 heteroatoms. The maximum absolute atomic E-state index is 11.3. The molecule has 0 aliphatic carbocycles. The van der Waals surface area contributed by atoms with E-state index in [4.69, 9.17) is 23.4 Å². The third kappa shape index (κ3) is 5.74. The number of hydrogen-bond acceptors (Lipinski definition) is 9. The van der Waals surface area contributed by atoms with Crippen LogP contribution in [0.15, 0.2) is 5.11 Å². The molecule has 0 amide bonds. The maximum Gasteiger partial charge on any atom is 0.264 e. The van der Waals surface area contributed by atoms with Gasteiger partial charge in [-0.25, -0.2) is 0 Å². The summed E-state index contributed by atoms with van der Waals surface area (Å²) in [5, 5.41) is 3.33. The summed E-state index contributed by atoms with van der Waals surface area (Å²) in [6.07, 6.45) is -2.49. The van der Waals surface area contributed by atoms with Crippen molar-refractivity contribution in [3.05, 3.63) is 10.4 Å². The fraction of sp³-hybridized carbons (Fsp3) is 1.00. The molecule has 0 aromatic rings. The second-order valence-corrected chi connectivity index (χ2v) is 7.44. The van der Waals surface area contributed by atoms with Gasteiger partial charge in [0, 0.05) is 12.0 Å². The minimum absolute atomic E-state index is 0.216. The molecule has 1 aliphatic rings. The first kappa shape index (κ1) is 18.1. The summed E-state index contributed by atoms with van der Waals surface area (Å²) in [6, 6.07) is -1.09. The Morgan fingerprint density at radius 2 is 1.67 bits per heavy atom. The molecule has 0 N–H and O–H groups in total. The number of azide groups is 1. The molecule has 0 aromatic heterocycles. The van der Waals surface area contributed by atoms with Crippen molar-refractivity contribution in [1.82, 2.24) is 0 Å². The van der Waals surface area contributed by atoms with Crippen molar-refractivity contribution in [1.29, 1.82) is 0 Å². The van der Waals surface area contributed by atoms with Gasteiger partial charge in [-0.15, -0.1) is 0 Å². The maximum atomic E-state index is 11.3. The van der Waals surface area contributed by atoms with E-state index in [1.165, 1.54) is 7.11 Å². The lowest BCUT2D eigenvalue weighted by Gasteiger charge is -2.38. The fourth-order valence-electron chi connectivity index (χ4n) is 1.75. The van der Waals surface area contributed by atoms with Crippen LogP contribution in [0.5, 0.6) is 0 Å². The van der Waals surface area contributed by atoms with E-state index in [1.54, 1.807) is 0 Å². The Morgan fingerprint density at radius 3 is 2.10 bits per heavy atom. The summed E-state index contributed by atoms with van der Waals surface area (Å²) >= 11 is 0. The molecule has 122 valence electrons. The lowest BCUT2D eigenvalue weighted by Crippen LogP contribution is -2.56. The van der Waals surface area contributed by atoms with Gasteiger partial charge < -0.3 is 9.47 Å². The third-order valence-electron chi connectivity index (χ3n) is 2.41. The van der Waals surface area contributed by atoms with Crippen LogP contribution < -0.4 is 0 Å². The van der Waals surface area contributed by atoms with Gasteiger partial charge in [0.25, 0.3) is 20.2 Å². The minimum Gasteiger partial charge on any atom is -0.353 e. The number of ether oxygens (including phenoxy) is 2. The Balaban J connectivity index is 3.19. The Bertz CT molecular complexity index is 611. The van der Waals surface area contributed by atoms with Crippen LogP contribution in [-0.4, -0.2) is 67.6 Å². The minimum atomic E-state index is -3.96. The van der Waals surface area contributed by atoms with Gasteiger partial charge in [-0.3, -0.25) is 8.37 Å². The molecule has 0 aromatic carbocycles. The Kier molecular flexibility index (Phi) is 5.92. The molecule has 0 saturated carbocycles. The van der Waals surface area contributed by atoms with Crippen LogP contribution in [-0.2, 0) is 38.1 Å². The number of hydrogen-bond donors (Lipinski definition) is 0. The van der Waals surface area contributed by atoms with Crippen LogP contribution >= 0.6 is 0 Å². The second-order valence-electron chi connectivity index (χ2n) is 4.24. The van der Waals surface area contributed by atoms with Crippen molar-refractivity contribution < 1.29 is 34.7 Å². The molecular formula is C8H15N3O8S2. The van der Waals surface area contributed by atoms with Crippen LogP contribution in [0.2, 0.25) is 0 Å². The van der Waals surface area contributed by atoms with E-state index in [0.29, 0.717) is 0 Å². The zero-order valence-corrected chi connectivity index (χ0v) is 13.1. The van der Waals surface area contributed by atoms with Gasteiger partial charge in [0.15, 0.2) is 12.4 Å². The summed E-state index contributed by atoms with van der Waals surface area (Å²) in [5.41, 5.74) is 8.48. The first-order valence-electron chi connectivity index (χ1n) is 5.52. The van der Waals surface area contributed by atoms with Crippen LogP contribution in [0, 0.1) is 0 Å². The van der Waals surface area contributed by atoms with E-state index < -0.39 is 44.8 Å². The highest BCUT2D eigenvalue weighted by Crippen LogP contribution is 2.26. The highest BCUT2D eigenvalue weighted by Gasteiger charge is 2.45. The Labute approximate surface area is 122 Å². The van der Waals surface area contributed by atoms with Gasteiger partial charge in [0.2, 0.25) is 0 Å². The first-order valence-corrected chi connectivity index (χ1v) is 9.16. The normalized spacial score (nSPS) is 30.6. The molecular weight excluding hydrogens is 330 g/mol. The number of methoxy groups -OCH3 is 1. The van der Waals surface area contributed by atoms with Crippen LogP contribution in [0.4, 0.5) is 0 Å². The Hall–Kier alpha value is -0.950. The molecule has 0 bridgehead atoms. The predicted octanol–water partition coefficient (Wildman–Crippen LogP) is -0.642. The van der Waals surface area contributed by atoms with Gasteiger partial charge in [-0.05, 0) is 5.53 Å². The van der Waals surface area contributed by atoms with E-state index in [0.717, 1.165) is 12.5 Å². The average Bonchev–Trinajstić information content (AvgIpc) is 2.30. The predicted molar refractivity (Wildman–Crippen MR) is 69.1 cm³/mol. The molecule has 1 aliphatic heterocycles. The van der Waals surface area contributed by atoms with Crippen LogP contribution in [0.3, 0.4) is 0 Å². The average molecular weight is 345 g/mol. The van der Waals surface area contributed by atoms with Crippen molar-refractivity contribution in [2.24, 2.45) is 5.11 Å². The van der Waals surface area contributed by atoms with Crippen molar-refractivity contribution in [2.75, 3.05) is 26.2 Å². The molecule has 21 heavy (non-hydrogen) atoms. The monoisotopic (exact) mass is 345 g/mol. The topological polar surface area (TPSA) is 154 Å². The van der Waals surface area contributed by atoms with E-state index in [1.807, 2.05) is 0 Å². The molecule has 0 radical (unpaired) electrons. The van der Waals surface area contributed by atoms with E-state index in [9.17, 15) is 16.8 Å². The van der Waals surface area contributed by atoms with E-state index in [-0.39, 0.29) is 6.61 Å². The zero-order chi connectivity index (χ0) is 16.3. The molecule has 1 fully saturated rings. The largest absolute Gasteiger partial charge is 0.353 e. The molecule has 0 spiro atoms. The number of rotatable bonds is 6. The fourth-order valence-corrected chi connectivity index (χ4v) is 2.99. The van der Waals surface area contributed by atoms with Gasteiger partial charge >= 0.3 is 0 Å². The standard InChI is InChI=1S/C8H15N3O8S2/c1-16-8-7(19-21(3,14)15)6(18-20(2,12)13)5(4-17-8)10-11-9/h5-8H,4H2,1-3H3/t5-,6-,7+,8+/m1/s1. The first-order chi connectivity index (χ1) is 9.57. The lowest BCUT2D eigenvalue weighted by atomic mass is 10.0. The van der Waals surface area contributed by atoms with Crippen molar-refractivity contribution >= 4 is 20.2 Å². The third-order valence-corrected chi connectivity index (χ3v) is 3.55.